The number of alkyl halides is 1. The average molecular weight is 368 g/mol. The lowest BCUT2D eigenvalue weighted by molar-refractivity contribution is -0.136. The van der Waals surface area contributed by atoms with Gasteiger partial charge in [0.25, 0.3) is 0 Å². The van der Waals surface area contributed by atoms with E-state index < -0.39 is 15.7 Å². The molecule has 0 aromatic heterocycles. The van der Waals surface area contributed by atoms with Crippen LogP contribution in [0.3, 0.4) is 0 Å². The number of carbonyl (C=O) groups is 1. The molecule has 0 aliphatic carbocycles. The van der Waals surface area contributed by atoms with E-state index in [0.717, 1.165) is 5.56 Å². The van der Waals surface area contributed by atoms with Crippen molar-refractivity contribution in [2.24, 2.45) is 5.92 Å². The number of carbonyl (C=O) groups excluding carboxylic acids is 1. The second-order valence-corrected chi connectivity index (χ2v) is 9.21. The number of amides is 1. The maximum atomic E-state index is 15.4. The van der Waals surface area contributed by atoms with Crippen molar-refractivity contribution < 1.29 is 17.6 Å². The maximum absolute atomic E-state index is 15.4. The predicted molar refractivity (Wildman–Crippen MR) is 94.3 cm³/mol. The van der Waals surface area contributed by atoms with Crippen LogP contribution < -0.4 is 0 Å². The molecule has 1 aromatic rings. The molecule has 2 aliphatic rings. The Kier molecular flexibility index (Phi) is 4.90. The smallest absolute Gasteiger partial charge is 0.225 e. The maximum Gasteiger partial charge on any atom is 0.225 e. The van der Waals surface area contributed by atoms with Crippen molar-refractivity contribution in [1.29, 1.82) is 0 Å². The number of rotatable bonds is 3. The molecular weight excluding hydrogens is 343 g/mol. The van der Waals surface area contributed by atoms with Gasteiger partial charge in [0.15, 0.2) is 5.67 Å². The Labute approximate surface area is 148 Å². The van der Waals surface area contributed by atoms with Gasteiger partial charge in [0, 0.05) is 32.0 Å². The Hall–Kier alpha value is -1.47. The summed E-state index contributed by atoms with van der Waals surface area (Å²) in [6.07, 6.45) is 2.51. The Balaban J connectivity index is 1.65. The van der Waals surface area contributed by atoms with Crippen molar-refractivity contribution >= 4 is 15.9 Å². The molecule has 0 bridgehead atoms. The molecule has 0 N–H and O–H groups in total. The van der Waals surface area contributed by atoms with Crippen molar-refractivity contribution in [3.8, 4) is 0 Å². The Morgan fingerprint density at radius 3 is 2.44 bits per heavy atom. The molecule has 1 aromatic carbocycles. The molecule has 138 valence electrons. The predicted octanol–water partition coefficient (Wildman–Crippen LogP) is 2.06. The highest BCUT2D eigenvalue weighted by molar-refractivity contribution is 7.88. The summed E-state index contributed by atoms with van der Waals surface area (Å²) in [7, 11) is -3.20. The summed E-state index contributed by atoms with van der Waals surface area (Å²) in [6.45, 7) is 3.12. The van der Waals surface area contributed by atoms with Crippen molar-refractivity contribution in [2.45, 2.75) is 31.9 Å². The molecule has 5 nitrogen and oxygen atoms in total. The summed E-state index contributed by atoms with van der Waals surface area (Å²) in [4.78, 5) is 14.4. The molecule has 2 saturated heterocycles. The first-order valence-corrected chi connectivity index (χ1v) is 10.5. The largest absolute Gasteiger partial charge is 0.339 e. The second kappa shape index (κ2) is 6.68. The molecule has 1 unspecified atom stereocenters. The standard InChI is InChI=1S/C18H25FN2O3S/c1-14-5-3-4-6-16(14)18(19)9-12-20(13-18)17(22)15-7-10-21(11-8-15)25(2,23)24/h3-6,15H,7-13H2,1-2H3. The van der Waals surface area contributed by atoms with Crippen LogP contribution >= 0.6 is 0 Å². The molecule has 2 fully saturated rings. The minimum atomic E-state index is -3.20. The Morgan fingerprint density at radius 1 is 1.20 bits per heavy atom. The first-order valence-electron chi connectivity index (χ1n) is 8.70. The van der Waals surface area contributed by atoms with E-state index in [2.05, 4.69) is 0 Å². The number of halogens is 1. The zero-order valence-corrected chi connectivity index (χ0v) is 15.6. The molecule has 3 rings (SSSR count). The molecule has 1 atom stereocenters. The minimum absolute atomic E-state index is 0.0405. The van der Waals surface area contributed by atoms with Gasteiger partial charge in [0.2, 0.25) is 15.9 Å². The number of aryl methyl sites for hydroxylation is 1. The number of hydrogen-bond donors (Lipinski definition) is 0. The lowest BCUT2D eigenvalue weighted by atomic mass is 9.91. The summed E-state index contributed by atoms with van der Waals surface area (Å²) in [5.41, 5.74) is 0.0759. The molecule has 1 amide bonds. The summed E-state index contributed by atoms with van der Waals surface area (Å²) >= 11 is 0. The fraction of sp³-hybridized carbons (Fsp3) is 0.611. The quantitative estimate of drug-likeness (QED) is 0.821. The van der Waals surface area contributed by atoms with Crippen molar-refractivity contribution in [3.63, 3.8) is 0 Å². The highest BCUT2D eigenvalue weighted by atomic mass is 32.2. The zero-order valence-electron chi connectivity index (χ0n) is 14.7. The lowest BCUT2D eigenvalue weighted by Gasteiger charge is -2.32. The van der Waals surface area contributed by atoms with Crippen molar-refractivity contribution in [1.82, 2.24) is 9.21 Å². The number of hydrogen-bond acceptors (Lipinski definition) is 3. The van der Waals surface area contributed by atoms with Crippen LogP contribution in [0.2, 0.25) is 0 Å². The number of sulfonamides is 1. The van der Waals surface area contributed by atoms with E-state index in [-0.39, 0.29) is 18.4 Å². The summed E-state index contributed by atoms with van der Waals surface area (Å²) in [5.74, 6) is -0.251. The molecule has 25 heavy (non-hydrogen) atoms. The first kappa shape index (κ1) is 18.3. The van der Waals surface area contributed by atoms with Crippen LogP contribution in [0.15, 0.2) is 24.3 Å². The van der Waals surface area contributed by atoms with Crippen LogP contribution in [-0.2, 0) is 20.5 Å². The van der Waals surface area contributed by atoms with E-state index >= 15 is 4.39 Å². The minimum Gasteiger partial charge on any atom is -0.339 e. The van der Waals surface area contributed by atoms with E-state index in [1.807, 2.05) is 25.1 Å². The van der Waals surface area contributed by atoms with Gasteiger partial charge in [0.05, 0.1) is 12.8 Å². The topological polar surface area (TPSA) is 57.7 Å². The van der Waals surface area contributed by atoms with Crippen LogP contribution in [0.4, 0.5) is 4.39 Å². The summed E-state index contributed by atoms with van der Waals surface area (Å²) < 4.78 is 40.0. The lowest BCUT2D eigenvalue weighted by Crippen LogP contribution is -2.44. The monoisotopic (exact) mass is 368 g/mol. The number of likely N-dealkylation sites (tertiary alicyclic amines) is 1. The summed E-state index contributed by atoms with van der Waals surface area (Å²) in [6, 6.07) is 7.40. The summed E-state index contributed by atoms with van der Waals surface area (Å²) in [5, 5.41) is 0. The van der Waals surface area contributed by atoms with Crippen LogP contribution in [0.5, 0.6) is 0 Å². The third kappa shape index (κ3) is 3.72. The number of piperidine rings is 1. The van der Waals surface area contributed by atoms with E-state index in [1.54, 1.807) is 11.0 Å². The molecule has 2 heterocycles. The van der Waals surface area contributed by atoms with Gasteiger partial charge in [-0.3, -0.25) is 4.79 Å². The van der Waals surface area contributed by atoms with Gasteiger partial charge < -0.3 is 4.90 Å². The molecule has 0 spiro atoms. The van der Waals surface area contributed by atoms with E-state index in [0.29, 0.717) is 44.5 Å². The van der Waals surface area contributed by atoms with Crippen LogP contribution in [0.25, 0.3) is 0 Å². The fourth-order valence-electron chi connectivity index (χ4n) is 3.95. The third-order valence-electron chi connectivity index (χ3n) is 5.43. The molecule has 2 aliphatic heterocycles. The van der Waals surface area contributed by atoms with Crippen molar-refractivity contribution in [2.75, 3.05) is 32.4 Å². The van der Waals surface area contributed by atoms with Gasteiger partial charge in [-0.05, 0) is 30.9 Å². The normalized spacial score (nSPS) is 26.1. The van der Waals surface area contributed by atoms with Crippen LogP contribution in [-0.4, -0.2) is 56.0 Å². The molecule has 0 saturated carbocycles. The van der Waals surface area contributed by atoms with Gasteiger partial charge in [-0.15, -0.1) is 0 Å². The zero-order chi connectivity index (χ0) is 18.2. The first-order chi connectivity index (χ1) is 11.7. The van der Waals surface area contributed by atoms with Gasteiger partial charge in [-0.1, -0.05) is 24.3 Å². The van der Waals surface area contributed by atoms with Crippen molar-refractivity contribution in [3.05, 3.63) is 35.4 Å². The third-order valence-corrected chi connectivity index (χ3v) is 6.73. The van der Waals surface area contributed by atoms with E-state index in [4.69, 9.17) is 0 Å². The Bertz CT molecular complexity index is 759. The van der Waals surface area contributed by atoms with E-state index in [9.17, 15) is 13.2 Å². The van der Waals surface area contributed by atoms with Crippen LogP contribution in [0.1, 0.15) is 30.4 Å². The van der Waals surface area contributed by atoms with E-state index in [1.165, 1.54) is 10.6 Å². The second-order valence-electron chi connectivity index (χ2n) is 7.23. The average Bonchev–Trinajstić information content (AvgIpc) is 2.97. The highest BCUT2D eigenvalue weighted by Crippen LogP contribution is 2.38. The van der Waals surface area contributed by atoms with Gasteiger partial charge in [0.1, 0.15) is 0 Å². The molecule has 0 radical (unpaired) electrons. The number of nitrogens with zero attached hydrogens (tertiary/aromatic N) is 2. The fourth-order valence-corrected chi connectivity index (χ4v) is 4.82. The van der Waals surface area contributed by atoms with Gasteiger partial charge in [-0.25, -0.2) is 17.1 Å². The molecular formula is C18H25FN2O3S. The highest BCUT2D eigenvalue weighted by Gasteiger charge is 2.44. The van der Waals surface area contributed by atoms with Crippen LogP contribution in [0, 0.1) is 12.8 Å². The Morgan fingerprint density at radius 2 is 1.84 bits per heavy atom. The number of benzene rings is 1. The van der Waals surface area contributed by atoms with Gasteiger partial charge >= 0.3 is 0 Å². The SMILES string of the molecule is Cc1ccccc1C1(F)CCN(C(=O)C2CCN(S(C)(=O)=O)CC2)C1. The molecule has 7 heteroatoms. The van der Waals surface area contributed by atoms with Gasteiger partial charge in [-0.2, -0.15) is 0 Å².